The van der Waals surface area contributed by atoms with Crippen LogP contribution in [0.2, 0.25) is 0 Å². The molecular formula is C16H17NO3S. The monoisotopic (exact) mass is 303 g/mol. The first-order valence-corrected chi connectivity index (χ1v) is 7.76. The summed E-state index contributed by atoms with van der Waals surface area (Å²) < 4.78 is 0. The van der Waals surface area contributed by atoms with Crippen LogP contribution in [0.3, 0.4) is 0 Å². The molecule has 0 aliphatic rings. The minimum absolute atomic E-state index is 0.00435. The molecule has 0 spiro atoms. The van der Waals surface area contributed by atoms with Gasteiger partial charge in [-0.1, -0.05) is 30.3 Å². The SMILES string of the molecule is O=C(O)Cc1csc(C(=O)CCCCc2ccccc2)n1. The highest BCUT2D eigenvalue weighted by Crippen LogP contribution is 2.15. The van der Waals surface area contributed by atoms with Crippen LogP contribution in [0.1, 0.15) is 40.3 Å². The second-order valence-electron chi connectivity index (χ2n) is 4.83. The van der Waals surface area contributed by atoms with Crippen molar-refractivity contribution in [1.29, 1.82) is 0 Å². The minimum Gasteiger partial charge on any atom is -0.481 e. The van der Waals surface area contributed by atoms with Crippen LogP contribution >= 0.6 is 11.3 Å². The molecule has 1 aromatic carbocycles. The van der Waals surface area contributed by atoms with Gasteiger partial charge in [0, 0.05) is 11.8 Å². The van der Waals surface area contributed by atoms with Gasteiger partial charge in [0.25, 0.3) is 0 Å². The van der Waals surface area contributed by atoms with Gasteiger partial charge in [0.15, 0.2) is 10.8 Å². The Bertz CT molecular complexity index is 607. The third kappa shape index (κ3) is 5.11. The lowest BCUT2D eigenvalue weighted by molar-refractivity contribution is -0.136. The number of thiazole rings is 1. The lowest BCUT2D eigenvalue weighted by atomic mass is 10.1. The maximum Gasteiger partial charge on any atom is 0.309 e. The van der Waals surface area contributed by atoms with Crippen LogP contribution in [0.25, 0.3) is 0 Å². The highest BCUT2D eigenvalue weighted by Gasteiger charge is 2.12. The van der Waals surface area contributed by atoms with Crippen molar-refractivity contribution in [3.8, 4) is 0 Å². The van der Waals surface area contributed by atoms with Crippen LogP contribution < -0.4 is 0 Å². The molecule has 2 rings (SSSR count). The van der Waals surface area contributed by atoms with Crippen LogP contribution in [-0.2, 0) is 17.6 Å². The third-order valence-electron chi connectivity index (χ3n) is 3.08. The fourth-order valence-corrected chi connectivity index (χ4v) is 2.82. The summed E-state index contributed by atoms with van der Waals surface area (Å²) in [5.74, 6) is -0.924. The molecule has 0 aliphatic heterocycles. The van der Waals surface area contributed by atoms with Gasteiger partial charge in [-0.3, -0.25) is 9.59 Å². The molecular weight excluding hydrogens is 286 g/mol. The van der Waals surface area contributed by atoms with Crippen molar-refractivity contribution in [2.24, 2.45) is 0 Å². The third-order valence-corrected chi connectivity index (χ3v) is 4.02. The number of carboxylic acid groups (broad SMARTS) is 1. The molecule has 21 heavy (non-hydrogen) atoms. The summed E-state index contributed by atoms with van der Waals surface area (Å²) >= 11 is 1.23. The number of carbonyl (C=O) groups is 2. The van der Waals surface area contributed by atoms with Gasteiger partial charge in [-0.05, 0) is 24.8 Å². The molecule has 0 radical (unpaired) electrons. The zero-order valence-electron chi connectivity index (χ0n) is 11.6. The average molecular weight is 303 g/mol. The van der Waals surface area contributed by atoms with Crippen LogP contribution in [-0.4, -0.2) is 21.8 Å². The van der Waals surface area contributed by atoms with Gasteiger partial charge >= 0.3 is 5.97 Å². The van der Waals surface area contributed by atoms with Crippen LogP contribution in [0.15, 0.2) is 35.7 Å². The van der Waals surface area contributed by atoms with Crippen molar-refractivity contribution in [3.63, 3.8) is 0 Å². The number of hydrogen-bond donors (Lipinski definition) is 1. The van der Waals surface area contributed by atoms with Crippen molar-refractivity contribution in [3.05, 3.63) is 52.0 Å². The molecule has 110 valence electrons. The molecule has 5 heteroatoms. The number of carbonyl (C=O) groups excluding carboxylic acids is 1. The summed E-state index contributed by atoms with van der Waals surface area (Å²) in [5.41, 5.74) is 1.74. The number of benzene rings is 1. The minimum atomic E-state index is -0.929. The first-order valence-electron chi connectivity index (χ1n) is 6.88. The number of rotatable bonds is 8. The molecule has 1 aromatic heterocycles. The number of aryl methyl sites for hydroxylation is 1. The standard InChI is InChI=1S/C16H17NO3S/c18-14(16-17-13(11-21-16)10-15(19)20)9-5-4-8-12-6-2-1-3-7-12/h1-3,6-7,11H,4-5,8-10H2,(H,19,20). The quantitative estimate of drug-likeness (QED) is 0.600. The van der Waals surface area contributed by atoms with Crippen LogP contribution in [0, 0.1) is 0 Å². The van der Waals surface area contributed by atoms with E-state index in [9.17, 15) is 9.59 Å². The Morgan fingerprint density at radius 3 is 2.62 bits per heavy atom. The first kappa shape index (κ1) is 15.4. The Morgan fingerprint density at radius 1 is 1.14 bits per heavy atom. The van der Waals surface area contributed by atoms with Crippen LogP contribution in [0.4, 0.5) is 0 Å². The van der Waals surface area contributed by atoms with E-state index >= 15 is 0 Å². The van der Waals surface area contributed by atoms with Gasteiger partial charge in [0.05, 0.1) is 12.1 Å². The van der Waals surface area contributed by atoms with E-state index in [2.05, 4.69) is 17.1 Å². The predicted octanol–water partition coefficient (Wildman–Crippen LogP) is 3.37. The van der Waals surface area contributed by atoms with Gasteiger partial charge in [0.1, 0.15) is 0 Å². The summed E-state index contributed by atoms with van der Waals surface area (Å²) in [4.78, 5) is 26.6. The van der Waals surface area contributed by atoms with Gasteiger partial charge in [0.2, 0.25) is 0 Å². The molecule has 0 saturated carbocycles. The summed E-state index contributed by atoms with van der Waals surface area (Å²) in [6.45, 7) is 0. The van der Waals surface area contributed by atoms with E-state index in [1.54, 1.807) is 5.38 Å². The van der Waals surface area contributed by atoms with E-state index in [0.29, 0.717) is 17.1 Å². The molecule has 0 atom stereocenters. The van der Waals surface area contributed by atoms with Crippen molar-refractivity contribution in [2.75, 3.05) is 0 Å². The Balaban J connectivity index is 1.74. The summed E-state index contributed by atoms with van der Waals surface area (Å²) in [6.07, 6.45) is 3.09. The van der Waals surface area contributed by atoms with E-state index in [-0.39, 0.29) is 12.2 Å². The average Bonchev–Trinajstić information content (AvgIpc) is 2.92. The summed E-state index contributed by atoms with van der Waals surface area (Å²) in [6, 6.07) is 10.2. The molecule has 1 heterocycles. The van der Waals surface area contributed by atoms with E-state index in [4.69, 9.17) is 5.11 Å². The Kier molecular flexibility index (Phi) is 5.63. The second-order valence-corrected chi connectivity index (χ2v) is 5.69. The van der Waals surface area contributed by atoms with E-state index < -0.39 is 5.97 Å². The highest BCUT2D eigenvalue weighted by atomic mass is 32.1. The molecule has 4 nitrogen and oxygen atoms in total. The molecule has 2 aromatic rings. The predicted molar refractivity (Wildman–Crippen MR) is 81.8 cm³/mol. The number of nitrogens with zero attached hydrogens (tertiary/aromatic N) is 1. The normalized spacial score (nSPS) is 10.5. The number of unbranched alkanes of at least 4 members (excludes halogenated alkanes) is 1. The Morgan fingerprint density at radius 2 is 1.90 bits per heavy atom. The van der Waals surface area contributed by atoms with E-state index in [1.807, 2.05) is 18.2 Å². The van der Waals surface area contributed by atoms with E-state index in [0.717, 1.165) is 19.3 Å². The fourth-order valence-electron chi connectivity index (χ4n) is 2.04. The lowest BCUT2D eigenvalue weighted by Crippen LogP contribution is -2.03. The molecule has 0 fully saturated rings. The molecule has 0 amide bonds. The Labute approximate surface area is 127 Å². The number of aliphatic carboxylic acids is 1. The zero-order valence-corrected chi connectivity index (χ0v) is 12.4. The second kappa shape index (κ2) is 7.69. The number of aromatic nitrogens is 1. The maximum atomic E-state index is 12.0. The van der Waals surface area contributed by atoms with Gasteiger partial charge in [-0.25, -0.2) is 4.98 Å². The largest absolute Gasteiger partial charge is 0.481 e. The summed E-state index contributed by atoms with van der Waals surface area (Å²) in [7, 11) is 0. The van der Waals surface area contributed by atoms with Crippen molar-refractivity contribution < 1.29 is 14.7 Å². The highest BCUT2D eigenvalue weighted by molar-refractivity contribution is 7.11. The van der Waals surface area contributed by atoms with Gasteiger partial charge in [-0.15, -0.1) is 11.3 Å². The van der Waals surface area contributed by atoms with E-state index in [1.165, 1.54) is 16.9 Å². The number of ketones is 1. The zero-order chi connectivity index (χ0) is 15.1. The summed E-state index contributed by atoms with van der Waals surface area (Å²) in [5, 5.41) is 10.7. The number of carboxylic acids is 1. The lowest BCUT2D eigenvalue weighted by Gasteiger charge is -2.00. The molecule has 0 aliphatic carbocycles. The first-order chi connectivity index (χ1) is 10.1. The molecule has 1 N–H and O–H groups in total. The topological polar surface area (TPSA) is 67.3 Å². The van der Waals surface area contributed by atoms with Crippen molar-refractivity contribution in [1.82, 2.24) is 4.98 Å². The molecule has 0 bridgehead atoms. The molecule has 0 saturated heterocycles. The van der Waals surface area contributed by atoms with Gasteiger partial charge in [-0.2, -0.15) is 0 Å². The van der Waals surface area contributed by atoms with Crippen molar-refractivity contribution >= 4 is 23.1 Å². The smallest absolute Gasteiger partial charge is 0.309 e. The van der Waals surface area contributed by atoms with Gasteiger partial charge < -0.3 is 5.11 Å². The number of hydrogen-bond acceptors (Lipinski definition) is 4. The van der Waals surface area contributed by atoms with Crippen molar-refractivity contribution in [2.45, 2.75) is 32.1 Å². The van der Waals surface area contributed by atoms with Crippen LogP contribution in [0.5, 0.6) is 0 Å². The number of Topliss-reactive ketones (excluding diaryl/α,β-unsaturated/α-hetero) is 1. The fraction of sp³-hybridized carbons (Fsp3) is 0.312. The molecule has 0 unspecified atom stereocenters. The Hall–Kier alpha value is -2.01. The maximum absolute atomic E-state index is 12.0.